The second kappa shape index (κ2) is 10.9. The number of rotatable bonds is 4. The van der Waals surface area contributed by atoms with Gasteiger partial charge in [0.15, 0.2) is 5.69 Å². The van der Waals surface area contributed by atoms with Crippen molar-refractivity contribution in [1.29, 1.82) is 0 Å². The van der Waals surface area contributed by atoms with Gasteiger partial charge in [0.1, 0.15) is 23.3 Å². The molecule has 8 nitrogen and oxygen atoms in total. The van der Waals surface area contributed by atoms with Crippen molar-refractivity contribution in [3.63, 3.8) is 0 Å². The molecule has 1 N–H and O–H groups in total. The number of benzene rings is 1. The molecule has 0 bridgehead atoms. The number of ether oxygens (including phenoxy) is 1. The quantitative estimate of drug-likeness (QED) is 0.386. The zero-order chi connectivity index (χ0) is 24.1. The van der Waals surface area contributed by atoms with Gasteiger partial charge in [0.25, 0.3) is 0 Å². The number of carbonyl (C=O) groups is 1. The lowest BCUT2D eigenvalue weighted by molar-refractivity contribution is 0.0690. The Morgan fingerprint density at radius 1 is 1.15 bits per heavy atom. The smallest absolute Gasteiger partial charge is 0.356 e. The molecule has 33 heavy (non-hydrogen) atoms. The van der Waals surface area contributed by atoms with E-state index in [4.69, 9.17) is 62.7 Å². The monoisotopic (exact) mass is 528 g/mol. The van der Waals surface area contributed by atoms with E-state index < -0.39 is 5.97 Å². The molecule has 0 unspecified atom stereocenters. The Kier molecular flexibility index (Phi) is 8.27. The van der Waals surface area contributed by atoms with Gasteiger partial charge in [0, 0.05) is 19.0 Å². The SMILES string of the molecule is C#CCOc1cc(-n2nc3n(c2=O)CCCC3)c(Cl)cc1Cl.O=C(O)c1nc(Cl)ccc1Cl. The van der Waals surface area contributed by atoms with Gasteiger partial charge >= 0.3 is 11.7 Å². The molecule has 2 aromatic heterocycles. The van der Waals surface area contributed by atoms with Gasteiger partial charge in [-0.15, -0.1) is 11.5 Å². The Labute approximate surface area is 208 Å². The van der Waals surface area contributed by atoms with Crippen LogP contribution >= 0.6 is 46.4 Å². The number of hydrogen-bond acceptors (Lipinski definition) is 5. The van der Waals surface area contributed by atoms with Gasteiger partial charge in [-0.3, -0.25) is 4.57 Å². The number of fused-ring (bicyclic) bond motifs is 1. The van der Waals surface area contributed by atoms with Crippen LogP contribution in [0.5, 0.6) is 5.75 Å². The highest BCUT2D eigenvalue weighted by Gasteiger charge is 2.20. The summed E-state index contributed by atoms with van der Waals surface area (Å²) in [7, 11) is 0. The Balaban J connectivity index is 0.000000235. The van der Waals surface area contributed by atoms with Crippen molar-refractivity contribution < 1.29 is 14.6 Å². The first-order valence-corrected chi connectivity index (χ1v) is 11.0. The maximum absolute atomic E-state index is 12.5. The summed E-state index contributed by atoms with van der Waals surface area (Å²) in [5.74, 6) is 2.33. The van der Waals surface area contributed by atoms with Crippen molar-refractivity contribution in [2.24, 2.45) is 0 Å². The molecule has 3 aromatic rings. The summed E-state index contributed by atoms with van der Waals surface area (Å²) in [5.41, 5.74) is 0.00553. The number of carboxylic acid groups (broad SMARTS) is 1. The molecule has 172 valence electrons. The van der Waals surface area contributed by atoms with E-state index in [0.717, 1.165) is 25.1 Å². The largest absolute Gasteiger partial charge is 0.479 e. The van der Waals surface area contributed by atoms with Crippen LogP contribution in [-0.4, -0.2) is 37.0 Å². The van der Waals surface area contributed by atoms with E-state index in [-0.39, 0.29) is 28.2 Å². The van der Waals surface area contributed by atoms with Crippen molar-refractivity contribution in [2.75, 3.05) is 6.61 Å². The predicted molar refractivity (Wildman–Crippen MR) is 126 cm³/mol. The highest BCUT2D eigenvalue weighted by Crippen LogP contribution is 2.32. The van der Waals surface area contributed by atoms with Crippen LogP contribution in [0.4, 0.5) is 0 Å². The van der Waals surface area contributed by atoms with Crippen LogP contribution < -0.4 is 10.4 Å². The molecule has 0 aliphatic carbocycles. The van der Waals surface area contributed by atoms with Crippen LogP contribution in [0.3, 0.4) is 0 Å². The minimum atomic E-state index is -1.18. The van der Waals surface area contributed by atoms with Crippen molar-refractivity contribution in [3.8, 4) is 23.8 Å². The molecule has 0 saturated heterocycles. The van der Waals surface area contributed by atoms with E-state index in [2.05, 4.69) is 16.0 Å². The normalized spacial score (nSPS) is 12.2. The molecule has 0 amide bonds. The Morgan fingerprint density at radius 3 is 2.55 bits per heavy atom. The lowest BCUT2D eigenvalue weighted by atomic mass is 10.2. The molecule has 0 atom stereocenters. The molecule has 1 aliphatic heterocycles. The highest BCUT2D eigenvalue weighted by atomic mass is 35.5. The third-order valence-electron chi connectivity index (χ3n) is 4.53. The first kappa shape index (κ1) is 24.9. The van der Waals surface area contributed by atoms with Crippen molar-refractivity contribution in [1.82, 2.24) is 19.3 Å². The van der Waals surface area contributed by atoms with Crippen molar-refractivity contribution >= 4 is 52.4 Å². The van der Waals surface area contributed by atoms with Gasteiger partial charge in [-0.1, -0.05) is 52.3 Å². The van der Waals surface area contributed by atoms with Crippen LogP contribution in [0.1, 0.15) is 29.2 Å². The molecule has 4 rings (SSSR count). The number of carboxylic acids is 1. The minimum Gasteiger partial charge on any atom is -0.479 e. The van der Waals surface area contributed by atoms with E-state index in [1.54, 1.807) is 10.6 Å². The highest BCUT2D eigenvalue weighted by molar-refractivity contribution is 6.36. The fourth-order valence-corrected chi connectivity index (χ4v) is 3.89. The number of hydrogen-bond donors (Lipinski definition) is 1. The number of aromatic nitrogens is 4. The average molecular weight is 530 g/mol. The minimum absolute atomic E-state index is 0.0788. The Bertz CT molecular complexity index is 1300. The topological polar surface area (TPSA) is 99.2 Å². The van der Waals surface area contributed by atoms with E-state index >= 15 is 0 Å². The molecule has 0 spiro atoms. The molecule has 1 aromatic carbocycles. The summed E-state index contributed by atoms with van der Waals surface area (Å²) in [4.78, 5) is 26.3. The standard InChI is InChI=1S/C15H13Cl2N3O2.C6H3Cl2NO2/c1-2-7-22-13-9-12(10(16)8-11(13)17)20-15(21)19-6-4-3-5-14(19)18-20;7-3-1-2-4(8)9-5(3)6(10)11/h1,8-9H,3-7H2;1-2H,(H,10,11). The zero-order valence-corrected chi connectivity index (χ0v) is 19.9. The average Bonchev–Trinajstić information content (AvgIpc) is 3.11. The molecule has 1 aliphatic rings. The van der Waals surface area contributed by atoms with Gasteiger partial charge < -0.3 is 9.84 Å². The van der Waals surface area contributed by atoms with Gasteiger partial charge in [-0.25, -0.2) is 14.6 Å². The number of pyridine rings is 1. The molecular formula is C21H16Cl4N4O4. The number of nitrogens with zero attached hydrogens (tertiary/aromatic N) is 4. The molecule has 0 radical (unpaired) electrons. The summed E-state index contributed by atoms with van der Waals surface area (Å²) in [6.07, 6.45) is 7.97. The van der Waals surface area contributed by atoms with Crippen LogP contribution in [-0.2, 0) is 13.0 Å². The number of terminal acetylenes is 1. The maximum Gasteiger partial charge on any atom is 0.356 e. The summed E-state index contributed by atoms with van der Waals surface area (Å²) in [5, 5.41) is 13.7. The van der Waals surface area contributed by atoms with E-state index in [9.17, 15) is 9.59 Å². The van der Waals surface area contributed by atoms with Crippen molar-refractivity contribution in [2.45, 2.75) is 25.8 Å². The van der Waals surface area contributed by atoms with Gasteiger partial charge in [-0.05, 0) is 31.0 Å². The van der Waals surface area contributed by atoms with Gasteiger partial charge in [0.2, 0.25) is 0 Å². The fraction of sp³-hybridized carbons (Fsp3) is 0.238. The summed E-state index contributed by atoms with van der Waals surface area (Å²) < 4.78 is 8.34. The molecular weight excluding hydrogens is 514 g/mol. The first-order chi connectivity index (χ1) is 15.7. The molecule has 0 fully saturated rings. The zero-order valence-electron chi connectivity index (χ0n) is 16.9. The number of aromatic carboxylic acids is 1. The second-order valence-corrected chi connectivity index (χ2v) is 8.32. The van der Waals surface area contributed by atoms with Crippen LogP contribution in [0.25, 0.3) is 5.69 Å². The summed E-state index contributed by atoms with van der Waals surface area (Å²) >= 11 is 23.2. The van der Waals surface area contributed by atoms with Crippen molar-refractivity contribution in [3.05, 3.63) is 66.5 Å². The van der Waals surface area contributed by atoms with Crippen LogP contribution in [0, 0.1) is 12.3 Å². The molecule has 12 heteroatoms. The number of halogens is 4. The Hall–Kier alpha value is -2.70. The van der Waals surface area contributed by atoms with Crippen LogP contribution in [0.2, 0.25) is 20.2 Å². The molecule has 0 saturated carbocycles. The van der Waals surface area contributed by atoms with E-state index in [0.29, 0.717) is 28.0 Å². The Morgan fingerprint density at radius 2 is 1.91 bits per heavy atom. The van der Waals surface area contributed by atoms with E-state index in [1.807, 2.05) is 0 Å². The van der Waals surface area contributed by atoms with Gasteiger partial charge in [-0.2, -0.15) is 4.68 Å². The molecule has 3 heterocycles. The second-order valence-electron chi connectivity index (χ2n) is 6.72. The van der Waals surface area contributed by atoms with Crippen LogP contribution in [0.15, 0.2) is 29.1 Å². The van der Waals surface area contributed by atoms with E-state index in [1.165, 1.54) is 22.9 Å². The number of aryl methyl sites for hydroxylation is 1. The lowest BCUT2D eigenvalue weighted by Gasteiger charge is -2.09. The third kappa shape index (κ3) is 5.81. The predicted octanol–water partition coefficient (Wildman–Crippen LogP) is 4.78. The fourth-order valence-electron chi connectivity index (χ4n) is 3.04. The third-order valence-corrected chi connectivity index (χ3v) is 5.64. The lowest BCUT2D eigenvalue weighted by Crippen LogP contribution is -2.26. The first-order valence-electron chi connectivity index (χ1n) is 9.52. The van der Waals surface area contributed by atoms with Gasteiger partial charge in [0.05, 0.1) is 20.8 Å². The summed E-state index contributed by atoms with van der Waals surface area (Å²) in [6, 6.07) is 5.92. The maximum atomic E-state index is 12.5. The summed E-state index contributed by atoms with van der Waals surface area (Å²) in [6.45, 7) is 0.759.